The zero-order valence-corrected chi connectivity index (χ0v) is 23.2. The molecule has 5 heteroatoms. The number of hydrogen-bond acceptors (Lipinski definition) is 1. The summed E-state index contributed by atoms with van der Waals surface area (Å²) in [6, 6.07) is 27.2. The van der Waals surface area contributed by atoms with Crippen molar-refractivity contribution < 1.29 is 18.5 Å². The summed E-state index contributed by atoms with van der Waals surface area (Å²) in [6.07, 6.45) is 7.37. The van der Waals surface area contributed by atoms with E-state index < -0.39 is 15.2 Å². The number of benzene rings is 3. The Bertz CT molecular complexity index is 1180. The number of rotatable bonds is 5. The molecule has 0 fully saturated rings. The van der Waals surface area contributed by atoms with Crippen LogP contribution >= 0.6 is 36.4 Å². The second kappa shape index (κ2) is 10.3. The van der Waals surface area contributed by atoms with E-state index in [1.807, 2.05) is 24.3 Å². The molecule has 174 valence electrons. The average molecular weight is 538 g/mol. The molecule has 33 heavy (non-hydrogen) atoms. The van der Waals surface area contributed by atoms with Crippen LogP contribution in [0.1, 0.15) is 32.8 Å². The van der Waals surface area contributed by atoms with Gasteiger partial charge < -0.3 is 0 Å². The van der Waals surface area contributed by atoms with Crippen LogP contribution in [0.4, 0.5) is 0 Å². The molecule has 0 N–H and O–H groups in total. The summed E-state index contributed by atoms with van der Waals surface area (Å²) < 4.78 is 10.8. The Morgan fingerprint density at radius 3 is 1.85 bits per heavy atom. The van der Waals surface area contributed by atoms with Crippen LogP contribution in [-0.2, 0) is 20.6 Å². The fraction of sp³-hybridized carbons (Fsp3) is 0.179. The minimum absolute atomic E-state index is 0. The van der Waals surface area contributed by atoms with Crippen LogP contribution in [0.3, 0.4) is 0 Å². The molecular formula is C28H31Cl3OTi. The second-order valence-corrected chi connectivity index (χ2v) is 17.2. The first kappa shape index (κ1) is 27.6. The Labute approximate surface area is 216 Å². The Kier molecular flexibility index (Phi) is 8.66. The summed E-state index contributed by atoms with van der Waals surface area (Å²) in [4.78, 5) is 5.06. The molecule has 0 saturated heterocycles. The molecule has 0 saturated carbocycles. The van der Waals surface area contributed by atoms with Gasteiger partial charge in [0, 0.05) is 0 Å². The van der Waals surface area contributed by atoms with Crippen LogP contribution in [0.25, 0.3) is 0 Å². The normalized spacial score (nSPS) is 13.5. The van der Waals surface area contributed by atoms with E-state index >= 15 is 0 Å². The van der Waals surface area contributed by atoms with Gasteiger partial charge in [-0.3, -0.25) is 0 Å². The van der Waals surface area contributed by atoms with E-state index in [0.717, 1.165) is 25.5 Å². The van der Waals surface area contributed by atoms with Crippen LogP contribution in [0, 0.1) is 0 Å². The maximum absolute atomic E-state index is 7.25. The van der Waals surface area contributed by atoms with Gasteiger partial charge in [-0.05, 0) is 0 Å². The summed E-state index contributed by atoms with van der Waals surface area (Å²) >= 11 is 2.15. The van der Waals surface area contributed by atoms with E-state index in [9.17, 15) is 0 Å². The zero-order valence-electron chi connectivity index (χ0n) is 19.3. The first-order chi connectivity index (χ1) is 14.7. The zero-order chi connectivity index (χ0) is 22.1. The van der Waals surface area contributed by atoms with Crippen LogP contribution in [0.15, 0.2) is 101 Å². The molecule has 3 aromatic carbocycles. The Morgan fingerprint density at radius 2 is 1.39 bits per heavy atom. The van der Waals surface area contributed by atoms with Gasteiger partial charge in [0.15, 0.2) is 0 Å². The van der Waals surface area contributed by atoms with Gasteiger partial charge in [0.1, 0.15) is 0 Å². The van der Waals surface area contributed by atoms with Crippen molar-refractivity contribution in [1.29, 1.82) is 0 Å². The Morgan fingerprint density at radius 1 is 0.848 bits per heavy atom. The van der Waals surface area contributed by atoms with Gasteiger partial charge in [-0.15, -0.1) is 24.8 Å². The molecule has 0 radical (unpaired) electrons. The van der Waals surface area contributed by atoms with Gasteiger partial charge in [-0.1, -0.05) is 0 Å². The summed E-state index contributed by atoms with van der Waals surface area (Å²) in [7, 11) is 0. The third kappa shape index (κ3) is 5.09. The van der Waals surface area contributed by atoms with E-state index in [-0.39, 0.29) is 30.2 Å². The molecule has 1 nitrogen and oxygen atoms in total. The monoisotopic (exact) mass is 536 g/mol. The fourth-order valence-corrected chi connectivity index (χ4v) is 12.3. The van der Waals surface area contributed by atoms with Gasteiger partial charge >= 0.3 is 193 Å². The third-order valence-electron chi connectivity index (χ3n) is 6.30. The van der Waals surface area contributed by atoms with E-state index in [4.69, 9.17) is 19.7 Å². The molecule has 3 aromatic rings. The van der Waals surface area contributed by atoms with Gasteiger partial charge in [-0.25, -0.2) is 0 Å². The molecule has 0 atom stereocenters. The minimum atomic E-state index is -4.43. The van der Waals surface area contributed by atoms with Crippen molar-refractivity contribution in [2.24, 2.45) is 0 Å². The molecule has 0 bridgehead atoms. The number of allylic oxidation sites excluding steroid dienone is 4. The maximum atomic E-state index is 7.25. The van der Waals surface area contributed by atoms with E-state index in [2.05, 4.69) is 93.6 Å². The topological polar surface area (TPSA) is 9.23 Å². The quantitative estimate of drug-likeness (QED) is 0.308. The molecule has 0 aliphatic heterocycles. The number of halogens is 3. The van der Waals surface area contributed by atoms with Crippen molar-refractivity contribution in [3.63, 3.8) is 0 Å². The molecule has 0 amide bonds. The predicted octanol–water partition coefficient (Wildman–Crippen LogP) is 7.39. The van der Waals surface area contributed by atoms with Gasteiger partial charge in [-0.2, -0.15) is 0 Å². The first-order valence-corrected chi connectivity index (χ1v) is 15.2. The summed E-state index contributed by atoms with van der Waals surface area (Å²) in [5.74, 6) is 0.782. The van der Waals surface area contributed by atoms with Crippen molar-refractivity contribution >= 4 is 49.0 Å². The van der Waals surface area contributed by atoms with Crippen LogP contribution in [0.2, 0.25) is 5.02 Å². The van der Waals surface area contributed by atoms with Gasteiger partial charge in [0.25, 0.3) is 0 Å². The third-order valence-corrected chi connectivity index (χ3v) is 15.1. The summed E-state index contributed by atoms with van der Waals surface area (Å²) in [6.45, 7) is 6.57. The molecule has 0 spiro atoms. The molecule has 0 heterocycles. The molecule has 0 aromatic heterocycles. The van der Waals surface area contributed by atoms with Crippen LogP contribution < -0.4 is 11.1 Å². The molecule has 4 rings (SSSR count). The van der Waals surface area contributed by atoms with Crippen LogP contribution in [0.5, 0.6) is 5.75 Å². The van der Waals surface area contributed by atoms with Crippen molar-refractivity contribution in [3.05, 3.63) is 112 Å². The molecule has 1 aliphatic carbocycles. The predicted molar refractivity (Wildman–Crippen MR) is 146 cm³/mol. The number of hydrogen-bond donors (Lipinski definition) is 0. The van der Waals surface area contributed by atoms with Gasteiger partial charge in [0.05, 0.1) is 0 Å². The SMILES string of the molecule is Cl.Cl.[CH2]=[Ti]([O]c1cc(Cl)cc(C(C)(C)C)c1)([C]1=CC=CC1)([c]1ccccc1)[c]1ccccc1. The van der Waals surface area contributed by atoms with Crippen LogP contribution in [-0.4, -0.2) is 4.82 Å². The molecular weight excluding hydrogens is 507 g/mol. The van der Waals surface area contributed by atoms with Crippen molar-refractivity contribution in [1.82, 2.24) is 0 Å². The average Bonchev–Trinajstić information content (AvgIpc) is 3.30. The summed E-state index contributed by atoms with van der Waals surface area (Å²) in [5, 5.41) is 0.683. The summed E-state index contributed by atoms with van der Waals surface area (Å²) in [5.41, 5.74) is 1.11. The second-order valence-electron chi connectivity index (χ2n) is 9.44. The van der Waals surface area contributed by atoms with Crippen molar-refractivity contribution in [2.75, 3.05) is 0 Å². The molecule has 1 aliphatic rings. The standard InChI is InChI=1S/C10H13ClO.2C6H5.C5H5.CH2.2ClH.Ti/c1-10(2,3)7-4-8(11)6-9(12)5-7;2*1-2-4-6-5-3-1;1-2-4-5-3-1;;;;/h4-6,12H,1-3H3;2*1-5H;1-3H,4H2;1H2;2*1H;/q;;;;;;;+1/p-1. The fourth-order valence-electron chi connectivity index (χ4n) is 4.46. The van der Waals surface area contributed by atoms with Gasteiger partial charge in [0.2, 0.25) is 0 Å². The van der Waals surface area contributed by atoms with E-state index in [1.165, 1.54) is 3.88 Å². The molecule has 0 unspecified atom stereocenters. The van der Waals surface area contributed by atoms with Crippen molar-refractivity contribution in [2.45, 2.75) is 32.6 Å². The van der Waals surface area contributed by atoms with E-state index in [1.54, 1.807) is 0 Å². The van der Waals surface area contributed by atoms with E-state index in [0.29, 0.717) is 5.02 Å². The first-order valence-electron chi connectivity index (χ1n) is 10.7. The Hall–Kier alpha value is -1.61. The Balaban J connectivity index is 0.00000193. The van der Waals surface area contributed by atoms with Crippen molar-refractivity contribution in [3.8, 4) is 5.75 Å².